The second-order valence-corrected chi connectivity index (χ2v) is 6.77. The molecule has 0 radical (unpaired) electrons. The summed E-state index contributed by atoms with van der Waals surface area (Å²) in [5.41, 5.74) is 3.54. The van der Waals surface area contributed by atoms with Crippen molar-refractivity contribution in [2.24, 2.45) is 0 Å². The summed E-state index contributed by atoms with van der Waals surface area (Å²) >= 11 is 0. The Kier molecular flexibility index (Phi) is 6.48. The number of hydrogen-bond acceptors (Lipinski definition) is 2. The second-order valence-electron chi connectivity index (χ2n) is 6.77. The van der Waals surface area contributed by atoms with Gasteiger partial charge in [-0.1, -0.05) is 58.5 Å². The quantitative estimate of drug-likeness (QED) is 0.559. The lowest BCUT2D eigenvalue weighted by atomic mass is 10.0. The van der Waals surface area contributed by atoms with Crippen molar-refractivity contribution >= 4 is 0 Å². The minimum atomic E-state index is 0.463. The Balaban J connectivity index is 1.76. The average Bonchev–Trinajstić information content (AvgIpc) is 2.58. The first kappa shape index (κ1) is 18.1. The number of benzene rings is 2. The van der Waals surface area contributed by atoms with E-state index in [9.17, 15) is 0 Å². The largest absolute Gasteiger partial charge is 0.489 e. The third kappa shape index (κ3) is 5.45. The maximum Gasteiger partial charge on any atom is 0.119 e. The predicted octanol–water partition coefficient (Wildman–Crippen LogP) is 5.95. The van der Waals surface area contributed by atoms with Crippen molar-refractivity contribution in [2.75, 3.05) is 13.2 Å². The Bertz CT molecular complexity index is 579. The van der Waals surface area contributed by atoms with Crippen molar-refractivity contribution in [1.29, 1.82) is 0 Å². The molecule has 0 fully saturated rings. The Morgan fingerprint density at radius 3 is 1.33 bits per heavy atom. The SMILES string of the molecule is C=C(COc1ccc(C(C)C)cc1)COc1ccc(C(C)C)cc1. The zero-order valence-electron chi connectivity index (χ0n) is 15.2. The van der Waals surface area contributed by atoms with Crippen LogP contribution in [-0.4, -0.2) is 13.2 Å². The molecule has 0 atom stereocenters. The highest BCUT2D eigenvalue weighted by Gasteiger charge is 2.03. The van der Waals surface area contributed by atoms with Crippen molar-refractivity contribution < 1.29 is 9.47 Å². The van der Waals surface area contributed by atoms with E-state index < -0.39 is 0 Å². The minimum Gasteiger partial charge on any atom is -0.489 e. The van der Waals surface area contributed by atoms with E-state index in [2.05, 4.69) is 58.5 Å². The second kappa shape index (κ2) is 8.58. The lowest BCUT2D eigenvalue weighted by molar-refractivity contribution is 0.301. The lowest BCUT2D eigenvalue weighted by Gasteiger charge is -2.12. The summed E-state index contributed by atoms with van der Waals surface area (Å²) in [5, 5.41) is 0. The molecule has 0 spiro atoms. The topological polar surface area (TPSA) is 18.5 Å². The highest BCUT2D eigenvalue weighted by Crippen LogP contribution is 2.20. The standard InChI is InChI=1S/C22H28O2/c1-16(2)19-6-10-21(11-7-19)23-14-18(5)15-24-22-12-8-20(9-13-22)17(3)4/h6-13,16-17H,5,14-15H2,1-4H3. The molecule has 2 rings (SSSR count). The highest BCUT2D eigenvalue weighted by atomic mass is 16.5. The Morgan fingerprint density at radius 1 is 0.708 bits per heavy atom. The van der Waals surface area contributed by atoms with Gasteiger partial charge in [-0.3, -0.25) is 0 Å². The lowest BCUT2D eigenvalue weighted by Crippen LogP contribution is -2.08. The molecular formula is C22H28O2. The molecule has 0 saturated heterocycles. The zero-order valence-corrected chi connectivity index (χ0v) is 15.2. The third-order valence-electron chi connectivity index (χ3n) is 3.98. The summed E-state index contributed by atoms with van der Waals surface area (Å²) in [6, 6.07) is 16.5. The first-order chi connectivity index (χ1) is 11.5. The van der Waals surface area contributed by atoms with Gasteiger partial charge in [-0.05, 0) is 52.8 Å². The van der Waals surface area contributed by atoms with Crippen LogP contribution in [0, 0.1) is 0 Å². The van der Waals surface area contributed by atoms with Crippen LogP contribution >= 0.6 is 0 Å². The van der Waals surface area contributed by atoms with E-state index in [4.69, 9.17) is 9.47 Å². The first-order valence-corrected chi connectivity index (χ1v) is 8.58. The van der Waals surface area contributed by atoms with Gasteiger partial charge in [0.25, 0.3) is 0 Å². The summed E-state index contributed by atoms with van der Waals surface area (Å²) in [4.78, 5) is 0. The first-order valence-electron chi connectivity index (χ1n) is 8.58. The van der Waals surface area contributed by atoms with Gasteiger partial charge in [-0.15, -0.1) is 0 Å². The molecule has 0 heterocycles. The van der Waals surface area contributed by atoms with Crippen molar-refractivity contribution in [3.63, 3.8) is 0 Å². The molecule has 128 valence electrons. The van der Waals surface area contributed by atoms with E-state index in [0.717, 1.165) is 17.1 Å². The minimum absolute atomic E-state index is 0.463. The molecule has 2 aromatic carbocycles. The maximum atomic E-state index is 5.76. The maximum absolute atomic E-state index is 5.76. The smallest absolute Gasteiger partial charge is 0.119 e. The number of rotatable bonds is 8. The van der Waals surface area contributed by atoms with Crippen molar-refractivity contribution in [2.45, 2.75) is 39.5 Å². The molecule has 0 saturated carbocycles. The van der Waals surface area contributed by atoms with Gasteiger partial charge in [0, 0.05) is 0 Å². The van der Waals surface area contributed by atoms with E-state index in [1.165, 1.54) is 11.1 Å². The average molecular weight is 324 g/mol. The molecule has 0 unspecified atom stereocenters. The van der Waals surface area contributed by atoms with Gasteiger partial charge in [-0.25, -0.2) is 0 Å². The third-order valence-corrected chi connectivity index (χ3v) is 3.98. The molecule has 0 aliphatic rings. The molecule has 2 nitrogen and oxygen atoms in total. The van der Waals surface area contributed by atoms with Crippen LogP contribution in [-0.2, 0) is 0 Å². The molecule has 0 bridgehead atoms. The van der Waals surface area contributed by atoms with E-state index in [-0.39, 0.29) is 0 Å². The van der Waals surface area contributed by atoms with Gasteiger partial charge in [0.05, 0.1) is 0 Å². The van der Waals surface area contributed by atoms with Crippen LogP contribution in [0.1, 0.15) is 50.7 Å². The molecule has 0 amide bonds. The van der Waals surface area contributed by atoms with Crippen LogP contribution in [0.5, 0.6) is 11.5 Å². The van der Waals surface area contributed by atoms with E-state index >= 15 is 0 Å². The fourth-order valence-electron chi connectivity index (χ4n) is 2.31. The Hall–Kier alpha value is -2.22. The Labute approximate surface area is 146 Å². The predicted molar refractivity (Wildman–Crippen MR) is 101 cm³/mol. The Morgan fingerprint density at radius 2 is 1.04 bits per heavy atom. The molecule has 0 N–H and O–H groups in total. The van der Waals surface area contributed by atoms with Crippen molar-refractivity contribution in [1.82, 2.24) is 0 Å². The van der Waals surface area contributed by atoms with Crippen LogP contribution in [0.15, 0.2) is 60.7 Å². The van der Waals surface area contributed by atoms with Gasteiger partial charge >= 0.3 is 0 Å². The zero-order chi connectivity index (χ0) is 17.5. The molecule has 0 aromatic heterocycles. The van der Waals surface area contributed by atoms with Gasteiger partial charge in [0.15, 0.2) is 0 Å². The summed E-state index contributed by atoms with van der Waals surface area (Å²) in [7, 11) is 0. The molecule has 2 heteroatoms. The molecule has 2 aromatic rings. The van der Waals surface area contributed by atoms with Gasteiger partial charge in [-0.2, -0.15) is 0 Å². The molecule has 0 aliphatic heterocycles. The number of hydrogen-bond donors (Lipinski definition) is 0. The van der Waals surface area contributed by atoms with Crippen LogP contribution in [0.2, 0.25) is 0 Å². The van der Waals surface area contributed by atoms with E-state index in [1.54, 1.807) is 0 Å². The molecule has 24 heavy (non-hydrogen) atoms. The van der Waals surface area contributed by atoms with Gasteiger partial charge in [0.1, 0.15) is 24.7 Å². The summed E-state index contributed by atoms with van der Waals surface area (Å²) in [6.07, 6.45) is 0. The van der Waals surface area contributed by atoms with Crippen molar-refractivity contribution in [3.8, 4) is 11.5 Å². The van der Waals surface area contributed by atoms with Gasteiger partial charge < -0.3 is 9.47 Å². The normalized spacial score (nSPS) is 10.9. The monoisotopic (exact) mass is 324 g/mol. The fourth-order valence-corrected chi connectivity index (χ4v) is 2.31. The number of ether oxygens (including phenoxy) is 2. The molecule has 0 aliphatic carbocycles. The summed E-state index contributed by atoms with van der Waals surface area (Å²) in [6.45, 7) is 13.7. The van der Waals surface area contributed by atoms with E-state index in [1.807, 2.05) is 24.3 Å². The van der Waals surface area contributed by atoms with E-state index in [0.29, 0.717) is 25.0 Å². The summed E-state index contributed by atoms with van der Waals surface area (Å²) < 4.78 is 11.5. The van der Waals surface area contributed by atoms with Crippen LogP contribution in [0.3, 0.4) is 0 Å². The van der Waals surface area contributed by atoms with Crippen LogP contribution in [0.4, 0.5) is 0 Å². The summed E-state index contributed by atoms with van der Waals surface area (Å²) in [5.74, 6) is 2.79. The van der Waals surface area contributed by atoms with Gasteiger partial charge in [0.2, 0.25) is 0 Å². The van der Waals surface area contributed by atoms with Crippen LogP contribution in [0.25, 0.3) is 0 Å². The van der Waals surface area contributed by atoms with Crippen molar-refractivity contribution in [3.05, 3.63) is 71.8 Å². The highest BCUT2D eigenvalue weighted by molar-refractivity contribution is 5.30. The molecular weight excluding hydrogens is 296 g/mol. The van der Waals surface area contributed by atoms with Crippen LogP contribution < -0.4 is 9.47 Å². The fraction of sp³-hybridized carbons (Fsp3) is 0.364.